The van der Waals surface area contributed by atoms with Crippen LogP contribution in [-0.4, -0.2) is 10.2 Å². The van der Waals surface area contributed by atoms with Crippen LogP contribution in [-0.2, 0) is 12.8 Å². The van der Waals surface area contributed by atoms with Gasteiger partial charge in [0.05, 0.1) is 17.5 Å². The van der Waals surface area contributed by atoms with Crippen molar-refractivity contribution < 1.29 is 0 Å². The number of hydrogen-bond acceptors (Lipinski definition) is 3. The number of aryl methyl sites for hydroxylation is 2. The maximum atomic E-state index is 8.83. The largest absolute Gasteiger partial charge is 0.198 e. The molecule has 0 amide bonds. The van der Waals surface area contributed by atoms with Gasteiger partial charge in [0.1, 0.15) is 0 Å². The van der Waals surface area contributed by atoms with Crippen molar-refractivity contribution in [1.82, 2.24) is 10.2 Å². The molecule has 28 heavy (non-hydrogen) atoms. The number of aromatic nitrogens is 2. The third-order valence-corrected chi connectivity index (χ3v) is 6.19. The van der Waals surface area contributed by atoms with Crippen LogP contribution < -0.4 is 0 Å². The summed E-state index contributed by atoms with van der Waals surface area (Å²) in [5.41, 5.74) is 4.61. The summed E-state index contributed by atoms with van der Waals surface area (Å²) in [5, 5.41) is 17.8. The van der Waals surface area contributed by atoms with E-state index in [4.69, 9.17) is 5.26 Å². The van der Waals surface area contributed by atoms with E-state index >= 15 is 0 Å². The third kappa shape index (κ3) is 6.16. The lowest BCUT2D eigenvalue weighted by Crippen LogP contribution is -2.15. The van der Waals surface area contributed by atoms with E-state index in [-0.39, 0.29) is 0 Å². The van der Waals surface area contributed by atoms with Gasteiger partial charge in [-0.1, -0.05) is 56.9 Å². The Morgan fingerprint density at radius 3 is 2.29 bits per heavy atom. The highest BCUT2D eigenvalue weighted by molar-refractivity contribution is 5.58. The summed E-state index contributed by atoms with van der Waals surface area (Å²) in [5.74, 6) is 1.43. The molecule has 0 atom stereocenters. The van der Waals surface area contributed by atoms with Crippen LogP contribution in [0.2, 0.25) is 0 Å². The highest BCUT2D eigenvalue weighted by Crippen LogP contribution is 2.33. The van der Waals surface area contributed by atoms with Crippen LogP contribution in [0.4, 0.5) is 0 Å². The zero-order chi connectivity index (χ0) is 19.6. The average Bonchev–Trinajstić information content (AvgIpc) is 2.75. The minimum absolute atomic E-state index is 0.637. The Morgan fingerprint density at radius 1 is 0.893 bits per heavy atom. The maximum absolute atomic E-state index is 8.83. The molecule has 3 heteroatoms. The molecule has 0 spiro atoms. The summed E-state index contributed by atoms with van der Waals surface area (Å²) in [4.78, 5) is 0. The number of unbranched alkanes of at least 4 members (excludes halogenated alkanes) is 2. The van der Waals surface area contributed by atoms with Crippen molar-refractivity contribution in [2.75, 3.05) is 0 Å². The topological polar surface area (TPSA) is 49.6 Å². The van der Waals surface area contributed by atoms with Crippen LogP contribution in [0, 0.1) is 23.2 Å². The lowest BCUT2D eigenvalue weighted by Gasteiger charge is -2.26. The van der Waals surface area contributed by atoms with Gasteiger partial charge in [-0.05, 0) is 68.1 Å². The molecule has 0 N–H and O–H groups in total. The molecule has 0 aliphatic heterocycles. The van der Waals surface area contributed by atoms with Gasteiger partial charge in [-0.3, -0.25) is 0 Å². The number of hydrogen-bond donors (Lipinski definition) is 0. The first-order chi connectivity index (χ1) is 13.8. The Morgan fingerprint density at radius 2 is 1.64 bits per heavy atom. The summed E-state index contributed by atoms with van der Waals surface area (Å²) in [6, 6.07) is 15.4. The van der Waals surface area contributed by atoms with Gasteiger partial charge in [-0.2, -0.15) is 15.5 Å². The minimum atomic E-state index is 0.637. The predicted octanol–water partition coefficient (Wildman–Crippen LogP) is 6.53. The molecule has 1 aromatic carbocycles. The van der Waals surface area contributed by atoms with E-state index in [0.29, 0.717) is 5.92 Å². The molecule has 1 saturated carbocycles. The Hall–Kier alpha value is -2.21. The predicted molar refractivity (Wildman–Crippen MR) is 115 cm³/mol. The van der Waals surface area contributed by atoms with Gasteiger partial charge < -0.3 is 0 Å². The van der Waals surface area contributed by atoms with E-state index < -0.39 is 0 Å². The zero-order valence-electron chi connectivity index (χ0n) is 17.2. The first kappa shape index (κ1) is 20.5. The summed E-state index contributed by atoms with van der Waals surface area (Å²) in [7, 11) is 0. The number of rotatable bonds is 9. The standard InChI is InChI=1S/C25H33N3/c1-2-3-4-5-20-10-13-23(14-11-20)25-17-16-24(27-28-25)15-12-21-6-8-22(9-7-21)18-19-26/h10-11,13-14,16-17,21-22H,2-9,12,15,18H2,1H3/t21-,22-. The van der Waals surface area contributed by atoms with Crippen molar-refractivity contribution >= 4 is 0 Å². The van der Waals surface area contributed by atoms with Crippen molar-refractivity contribution in [2.45, 2.75) is 77.6 Å². The molecular weight excluding hydrogens is 342 g/mol. The Labute approximate surface area is 170 Å². The van der Waals surface area contributed by atoms with E-state index in [0.717, 1.165) is 42.1 Å². The summed E-state index contributed by atoms with van der Waals surface area (Å²) >= 11 is 0. The first-order valence-corrected chi connectivity index (χ1v) is 11.1. The highest BCUT2D eigenvalue weighted by atomic mass is 15.1. The fraction of sp³-hybridized carbons (Fsp3) is 0.560. The molecule has 1 aliphatic rings. The van der Waals surface area contributed by atoms with Gasteiger partial charge in [0.15, 0.2) is 0 Å². The second-order valence-corrected chi connectivity index (χ2v) is 8.35. The Kier molecular flexibility index (Phi) is 8.03. The highest BCUT2D eigenvalue weighted by Gasteiger charge is 2.20. The summed E-state index contributed by atoms with van der Waals surface area (Å²) in [6.45, 7) is 2.24. The van der Waals surface area contributed by atoms with Gasteiger partial charge >= 0.3 is 0 Å². The van der Waals surface area contributed by atoms with Crippen LogP contribution in [0.15, 0.2) is 36.4 Å². The lowest BCUT2D eigenvalue weighted by atomic mass is 9.79. The van der Waals surface area contributed by atoms with E-state index in [2.05, 4.69) is 59.6 Å². The third-order valence-electron chi connectivity index (χ3n) is 6.19. The van der Waals surface area contributed by atoms with E-state index in [1.807, 2.05) is 0 Å². The number of nitrogens with zero attached hydrogens (tertiary/aromatic N) is 3. The second-order valence-electron chi connectivity index (χ2n) is 8.35. The van der Waals surface area contributed by atoms with Gasteiger partial charge in [0, 0.05) is 12.0 Å². The Balaban J connectivity index is 1.46. The molecule has 0 saturated heterocycles. The number of benzene rings is 1. The molecule has 1 aliphatic carbocycles. The van der Waals surface area contributed by atoms with Gasteiger partial charge in [-0.15, -0.1) is 0 Å². The van der Waals surface area contributed by atoms with Crippen LogP contribution in [0.3, 0.4) is 0 Å². The maximum Gasteiger partial charge on any atom is 0.0929 e. The van der Waals surface area contributed by atoms with Crippen LogP contribution in [0.5, 0.6) is 0 Å². The average molecular weight is 376 g/mol. The monoisotopic (exact) mass is 375 g/mol. The number of nitriles is 1. The molecule has 2 aromatic rings. The van der Waals surface area contributed by atoms with Crippen LogP contribution >= 0.6 is 0 Å². The molecule has 1 fully saturated rings. The van der Waals surface area contributed by atoms with Gasteiger partial charge in [-0.25, -0.2) is 0 Å². The quantitative estimate of drug-likeness (QED) is 0.468. The molecule has 0 bridgehead atoms. The smallest absolute Gasteiger partial charge is 0.0929 e. The van der Waals surface area contributed by atoms with Gasteiger partial charge in [0.2, 0.25) is 0 Å². The van der Waals surface area contributed by atoms with Crippen LogP contribution in [0.1, 0.15) is 76.0 Å². The molecule has 1 heterocycles. The van der Waals surface area contributed by atoms with E-state index in [1.165, 1.54) is 56.9 Å². The lowest BCUT2D eigenvalue weighted by molar-refractivity contribution is 0.266. The second kappa shape index (κ2) is 11.0. The molecule has 3 rings (SSSR count). The van der Waals surface area contributed by atoms with Crippen molar-refractivity contribution in [3.63, 3.8) is 0 Å². The normalized spacial score (nSPS) is 19.3. The van der Waals surface area contributed by atoms with Crippen molar-refractivity contribution in [3.8, 4) is 17.3 Å². The SMILES string of the molecule is CCCCCc1ccc(-c2ccc(CC[C@H]3CC[C@H](CC#N)CC3)nn2)cc1. The van der Waals surface area contributed by atoms with Crippen molar-refractivity contribution in [1.29, 1.82) is 5.26 Å². The molecule has 0 unspecified atom stereocenters. The minimum Gasteiger partial charge on any atom is -0.198 e. The summed E-state index contributed by atoms with van der Waals surface area (Å²) in [6.07, 6.45) is 12.9. The van der Waals surface area contributed by atoms with Gasteiger partial charge in [0.25, 0.3) is 0 Å². The molecule has 148 valence electrons. The fourth-order valence-electron chi connectivity index (χ4n) is 4.27. The fourth-order valence-corrected chi connectivity index (χ4v) is 4.27. The van der Waals surface area contributed by atoms with E-state index in [9.17, 15) is 0 Å². The summed E-state index contributed by atoms with van der Waals surface area (Å²) < 4.78 is 0. The first-order valence-electron chi connectivity index (χ1n) is 11.1. The molecule has 1 aromatic heterocycles. The van der Waals surface area contributed by atoms with Crippen LogP contribution in [0.25, 0.3) is 11.3 Å². The molecule has 0 radical (unpaired) electrons. The van der Waals surface area contributed by atoms with E-state index in [1.54, 1.807) is 0 Å². The molecular formula is C25H33N3. The zero-order valence-corrected chi connectivity index (χ0v) is 17.2. The molecule has 3 nitrogen and oxygen atoms in total. The van der Waals surface area contributed by atoms with Crippen molar-refractivity contribution in [3.05, 3.63) is 47.7 Å². The van der Waals surface area contributed by atoms with Crippen molar-refractivity contribution in [2.24, 2.45) is 11.8 Å². The Bertz CT molecular complexity index is 735.